The molecule has 1 fully saturated rings. The lowest BCUT2D eigenvalue weighted by Crippen LogP contribution is -2.30. The molecule has 0 aromatic heterocycles. The molecule has 0 radical (unpaired) electrons. The van der Waals surface area contributed by atoms with Crippen LogP contribution in [-0.2, 0) is 11.2 Å². The predicted molar refractivity (Wildman–Crippen MR) is 123 cm³/mol. The van der Waals surface area contributed by atoms with Crippen LogP contribution in [0.1, 0.15) is 25.0 Å². The van der Waals surface area contributed by atoms with Gasteiger partial charge in [0.1, 0.15) is 6.07 Å². The van der Waals surface area contributed by atoms with E-state index in [1.165, 1.54) is 17.3 Å². The summed E-state index contributed by atoms with van der Waals surface area (Å²) in [7, 11) is 0. The quantitative estimate of drug-likeness (QED) is 0.514. The van der Waals surface area contributed by atoms with Crippen molar-refractivity contribution in [2.45, 2.75) is 25.8 Å². The molecule has 1 heterocycles. The molecule has 1 aliphatic rings. The first-order chi connectivity index (χ1) is 14.5. The number of benzene rings is 2. The smallest absolute Gasteiger partial charge is 0.260 e. The van der Waals surface area contributed by atoms with Crippen molar-refractivity contribution >= 4 is 45.4 Å². The second kappa shape index (κ2) is 10.4. The summed E-state index contributed by atoms with van der Waals surface area (Å²) in [6, 6.07) is 13.8. The number of hydrogen-bond acceptors (Lipinski definition) is 6. The molecule has 30 heavy (non-hydrogen) atoms. The van der Waals surface area contributed by atoms with Crippen LogP contribution in [0.15, 0.2) is 45.8 Å². The van der Waals surface area contributed by atoms with Gasteiger partial charge in [-0.15, -0.1) is 0 Å². The van der Waals surface area contributed by atoms with Crippen LogP contribution in [-0.4, -0.2) is 24.6 Å². The highest BCUT2D eigenvalue weighted by molar-refractivity contribution is 9.10. The van der Waals surface area contributed by atoms with E-state index in [1.54, 1.807) is 6.07 Å². The van der Waals surface area contributed by atoms with Gasteiger partial charge in [-0.25, -0.2) is 0 Å². The van der Waals surface area contributed by atoms with Gasteiger partial charge >= 0.3 is 0 Å². The molecule has 1 saturated heterocycles. The lowest BCUT2D eigenvalue weighted by Gasteiger charge is -2.13. The molecule has 156 valence electrons. The Hall–Kier alpha value is -2.63. The summed E-state index contributed by atoms with van der Waals surface area (Å²) < 4.78 is 11.8. The maximum Gasteiger partial charge on any atom is 0.260 e. The predicted octanol–water partition coefficient (Wildman–Crippen LogP) is 4.91. The van der Waals surface area contributed by atoms with Gasteiger partial charge in [-0.05, 0) is 70.7 Å². The summed E-state index contributed by atoms with van der Waals surface area (Å²) >= 11 is 4.89. The Kier molecular flexibility index (Phi) is 7.66. The number of nitrogens with zero attached hydrogens (tertiary/aromatic N) is 1. The maximum absolute atomic E-state index is 12.4. The Bertz CT molecular complexity index is 986. The molecule has 0 spiro atoms. The summed E-state index contributed by atoms with van der Waals surface area (Å²) in [4.78, 5) is 13.0. The topological polar surface area (TPSA) is 83.4 Å². The number of ether oxygens (including phenoxy) is 2. The van der Waals surface area contributed by atoms with Crippen LogP contribution in [0.25, 0.3) is 6.08 Å². The van der Waals surface area contributed by atoms with Gasteiger partial charge in [-0.2, -0.15) is 5.26 Å². The van der Waals surface area contributed by atoms with Crippen LogP contribution in [0.3, 0.4) is 0 Å². The second-order valence-corrected chi connectivity index (χ2v) is 8.39. The Labute approximate surface area is 188 Å². The fourth-order valence-electron chi connectivity index (χ4n) is 2.88. The van der Waals surface area contributed by atoms with Gasteiger partial charge in [0.2, 0.25) is 0 Å². The van der Waals surface area contributed by atoms with Crippen molar-refractivity contribution in [3.8, 4) is 17.6 Å². The first-order valence-corrected chi connectivity index (χ1v) is 11.2. The van der Waals surface area contributed by atoms with E-state index in [2.05, 4.69) is 45.6 Å². The van der Waals surface area contributed by atoms with Gasteiger partial charge < -0.3 is 20.1 Å². The number of nitrogens with one attached hydrogen (secondary N) is 2. The van der Waals surface area contributed by atoms with Crippen molar-refractivity contribution < 1.29 is 14.3 Å². The number of halogens is 1. The van der Waals surface area contributed by atoms with E-state index < -0.39 is 0 Å². The van der Waals surface area contributed by atoms with Gasteiger partial charge in [-0.1, -0.05) is 30.8 Å². The fraction of sp³-hybridized carbons (Fsp3) is 0.273. The number of hydrogen-bond donors (Lipinski definition) is 2. The van der Waals surface area contributed by atoms with Crippen LogP contribution in [0.5, 0.6) is 11.5 Å². The zero-order chi connectivity index (χ0) is 21.5. The molecule has 3 rings (SSSR count). The standard InChI is InChI=1S/C22H22BrN3O3S/c1-3-14-5-7-16(8-6-14)25-22-26-21(27)19(30-22)13-15-11-17(23)20(29-10-9-24)18(12-15)28-4-2/h5-8,11-13,22,25H,3-4,10H2,1-2H3,(H,26,27)/b19-13-/t22-/m0/s1. The average Bonchev–Trinajstić information content (AvgIpc) is 3.07. The number of nitriles is 1. The molecule has 1 amide bonds. The Morgan fingerprint density at radius 1 is 1.27 bits per heavy atom. The minimum Gasteiger partial charge on any atom is -0.490 e. The molecule has 0 aliphatic carbocycles. The average molecular weight is 488 g/mol. The number of anilines is 1. The highest BCUT2D eigenvalue weighted by atomic mass is 79.9. The minimum absolute atomic E-state index is 0.0794. The zero-order valence-corrected chi connectivity index (χ0v) is 19.1. The lowest BCUT2D eigenvalue weighted by atomic mass is 10.1. The van der Waals surface area contributed by atoms with Gasteiger partial charge in [0.05, 0.1) is 16.0 Å². The maximum atomic E-state index is 12.4. The highest BCUT2D eigenvalue weighted by Crippen LogP contribution is 2.39. The minimum atomic E-state index is -0.246. The zero-order valence-electron chi connectivity index (χ0n) is 16.7. The lowest BCUT2D eigenvalue weighted by molar-refractivity contribution is -0.116. The van der Waals surface area contributed by atoms with Crippen molar-refractivity contribution in [2.24, 2.45) is 0 Å². The SMILES string of the molecule is CCOc1cc(/C=C2\S[C@@H](Nc3ccc(CC)cc3)NC2=O)cc(Br)c1OCC#N. The number of carbonyl (C=O) groups excluding carboxylic acids is 1. The van der Waals surface area contributed by atoms with Crippen molar-refractivity contribution in [3.63, 3.8) is 0 Å². The highest BCUT2D eigenvalue weighted by Gasteiger charge is 2.27. The number of thioether (sulfide) groups is 1. The molecule has 0 saturated carbocycles. The Balaban J connectivity index is 1.77. The number of carbonyl (C=O) groups is 1. The molecule has 1 atom stereocenters. The van der Waals surface area contributed by atoms with Gasteiger partial charge in [0, 0.05) is 5.69 Å². The molecular weight excluding hydrogens is 466 g/mol. The van der Waals surface area contributed by atoms with E-state index in [9.17, 15) is 4.79 Å². The van der Waals surface area contributed by atoms with Gasteiger partial charge in [0.15, 0.2) is 23.6 Å². The van der Waals surface area contributed by atoms with Crippen LogP contribution in [0.2, 0.25) is 0 Å². The molecule has 6 nitrogen and oxygen atoms in total. The van der Waals surface area contributed by atoms with Crippen LogP contribution < -0.4 is 20.1 Å². The molecule has 8 heteroatoms. The third-order valence-electron chi connectivity index (χ3n) is 4.30. The fourth-order valence-corrected chi connectivity index (χ4v) is 4.44. The molecule has 2 aromatic rings. The molecular formula is C22H22BrN3O3S. The van der Waals surface area contributed by atoms with Crippen LogP contribution in [0, 0.1) is 11.3 Å². The normalized spacial score (nSPS) is 16.8. The summed E-state index contributed by atoms with van der Waals surface area (Å²) in [5, 5.41) is 15.0. The van der Waals surface area contributed by atoms with E-state index in [1.807, 2.05) is 37.3 Å². The van der Waals surface area contributed by atoms with Crippen molar-refractivity contribution in [1.82, 2.24) is 5.32 Å². The number of aryl methyl sites for hydroxylation is 1. The van der Waals surface area contributed by atoms with Crippen LogP contribution >= 0.6 is 27.7 Å². The molecule has 2 aromatic carbocycles. The van der Waals surface area contributed by atoms with E-state index in [0.29, 0.717) is 27.5 Å². The first kappa shape index (κ1) is 22.1. The first-order valence-electron chi connectivity index (χ1n) is 9.54. The number of amides is 1. The van der Waals surface area contributed by atoms with E-state index in [0.717, 1.165) is 17.7 Å². The van der Waals surface area contributed by atoms with E-state index in [-0.39, 0.29) is 18.0 Å². The van der Waals surface area contributed by atoms with Crippen LogP contribution in [0.4, 0.5) is 5.69 Å². The Morgan fingerprint density at radius 2 is 2.03 bits per heavy atom. The van der Waals surface area contributed by atoms with E-state index >= 15 is 0 Å². The summed E-state index contributed by atoms with van der Waals surface area (Å²) in [5.74, 6) is 0.851. The van der Waals surface area contributed by atoms with E-state index in [4.69, 9.17) is 14.7 Å². The summed E-state index contributed by atoms with van der Waals surface area (Å²) in [5.41, 5.74) is 2.76. The second-order valence-electron chi connectivity index (χ2n) is 6.38. The number of rotatable bonds is 8. The van der Waals surface area contributed by atoms with Crippen molar-refractivity contribution in [1.29, 1.82) is 5.26 Å². The monoisotopic (exact) mass is 487 g/mol. The third-order valence-corrected chi connectivity index (χ3v) is 5.92. The largest absolute Gasteiger partial charge is 0.490 e. The molecule has 1 aliphatic heterocycles. The molecule has 2 N–H and O–H groups in total. The molecule has 0 unspecified atom stereocenters. The Morgan fingerprint density at radius 3 is 2.70 bits per heavy atom. The third kappa shape index (κ3) is 5.49. The summed E-state index contributed by atoms with van der Waals surface area (Å²) in [6.45, 7) is 4.36. The van der Waals surface area contributed by atoms with Gasteiger partial charge in [0.25, 0.3) is 5.91 Å². The van der Waals surface area contributed by atoms with Crippen molar-refractivity contribution in [3.05, 3.63) is 56.9 Å². The van der Waals surface area contributed by atoms with Crippen molar-refractivity contribution in [2.75, 3.05) is 18.5 Å². The summed E-state index contributed by atoms with van der Waals surface area (Å²) in [6.07, 6.45) is 2.80. The molecule has 0 bridgehead atoms. The van der Waals surface area contributed by atoms with Gasteiger partial charge in [-0.3, -0.25) is 4.79 Å².